The molecule has 1 heterocycles. The molecule has 5 nitrogen and oxygen atoms in total. The van der Waals surface area contributed by atoms with Gasteiger partial charge in [-0.05, 0) is 47.9 Å². The summed E-state index contributed by atoms with van der Waals surface area (Å²) in [7, 11) is 0. The summed E-state index contributed by atoms with van der Waals surface area (Å²) in [6.45, 7) is 1.27. The number of ether oxygens (including phenoxy) is 3. The second-order valence-corrected chi connectivity index (χ2v) is 9.11. The first kappa shape index (κ1) is 25.4. The van der Waals surface area contributed by atoms with E-state index in [1.165, 1.54) is 6.07 Å². The van der Waals surface area contributed by atoms with Crippen LogP contribution < -0.4 is 19.6 Å². The fourth-order valence-corrected chi connectivity index (χ4v) is 4.09. The number of hydrogen-bond acceptors (Lipinski definition) is 5. The van der Waals surface area contributed by atoms with Crippen molar-refractivity contribution in [1.82, 2.24) is 0 Å². The van der Waals surface area contributed by atoms with E-state index in [9.17, 15) is 4.79 Å². The van der Waals surface area contributed by atoms with Crippen LogP contribution in [-0.2, 0) is 13.2 Å². The van der Waals surface area contributed by atoms with E-state index in [1.54, 1.807) is 18.2 Å². The SMILES string of the molecule is O=c1cc(-c2ccc(OCc3ccccc3)c(OCc3ccccc3)c2)oc2cc(OCCCCl)ccc12. The topological polar surface area (TPSA) is 57.9 Å². The van der Waals surface area contributed by atoms with E-state index in [0.29, 0.717) is 65.2 Å². The van der Waals surface area contributed by atoms with E-state index in [1.807, 2.05) is 78.9 Å². The molecule has 0 atom stereocenters. The number of halogens is 1. The van der Waals surface area contributed by atoms with Crippen LogP contribution in [0.3, 0.4) is 0 Å². The molecule has 0 amide bonds. The highest BCUT2D eigenvalue weighted by Gasteiger charge is 2.13. The molecule has 0 radical (unpaired) electrons. The van der Waals surface area contributed by atoms with Gasteiger partial charge in [0.2, 0.25) is 0 Å². The smallest absolute Gasteiger partial charge is 0.193 e. The van der Waals surface area contributed by atoms with Gasteiger partial charge in [0.15, 0.2) is 16.9 Å². The predicted octanol–water partition coefficient (Wildman–Crippen LogP) is 7.63. The van der Waals surface area contributed by atoms with Gasteiger partial charge < -0.3 is 18.6 Å². The molecule has 6 heteroatoms. The van der Waals surface area contributed by atoms with Gasteiger partial charge in [0.1, 0.15) is 30.3 Å². The average Bonchev–Trinajstić information content (AvgIpc) is 2.96. The molecular weight excluding hydrogens is 500 g/mol. The highest BCUT2D eigenvalue weighted by molar-refractivity contribution is 6.17. The lowest BCUT2D eigenvalue weighted by atomic mass is 10.1. The zero-order valence-corrected chi connectivity index (χ0v) is 21.5. The van der Waals surface area contributed by atoms with Gasteiger partial charge in [-0.2, -0.15) is 0 Å². The van der Waals surface area contributed by atoms with Crippen LogP contribution in [0.2, 0.25) is 0 Å². The third-order valence-electron chi connectivity index (χ3n) is 5.95. The molecule has 0 saturated heterocycles. The summed E-state index contributed by atoms with van der Waals surface area (Å²) in [4.78, 5) is 12.9. The van der Waals surface area contributed by atoms with Crippen molar-refractivity contribution in [3.8, 4) is 28.6 Å². The molecule has 0 spiro atoms. The molecule has 0 bridgehead atoms. The lowest BCUT2D eigenvalue weighted by Gasteiger charge is -2.15. The summed E-state index contributed by atoms with van der Waals surface area (Å²) in [5.41, 5.74) is 3.10. The van der Waals surface area contributed by atoms with Gasteiger partial charge in [-0.15, -0.1) is 11.6 Å². The minimum atomic E-state index is -0.135. The van der Waals surface area contributed by atoms with Gasteiger partial charge in [0, 0.05) is 23.6 Å². The van der Waals surface area contributed by atoms with Crippen molar-refractivity contribution in [2.75, 3.05) is 12.5 Å². The number of rotatable bonds is 11. The zero-order valence-electron chi connectivity index (χ0n) is 20.8. The van der Waals surface area contributed by atoms with Crippen LogP contribution in [0.15, 0.2) is 112 Å². The summed E-state index contributed by atoms with van der Waals surface area (Å²) >= 11 is 5.75. The molecule has 0 N–H and O–H groups in total. The molecule has 1 aromatic heterocycles. The van der Waals surface area contributed by atoms with Gasteiger partial charge >= 0.3 is 0 Å². The summed E-state index contributed by atoms with van der Waals surface area (Å²) in [6, 6.07) is 32.1. The Morgan fingerprint density at radius 2 is 1.37 bits per heavy atom. The van der Waals surface area contributed by atoms with Crippen molar-refractivity contribution < 1.29 is 18.6 Å². The Bertz CT molecular complexity index is 1550. The monoisotopic (exact) mass is 526 g/mol. The predicted molar refractivity (Wildman–Crippen MR) is 150 cm³/mol. The van der Waals surface area contributed by atoms with Crippen molar-refractivity contribution in [3.05, 3.63) is 124 Å². The van der Waals surface area contributed by atoms with E-state index in [4.69, 9.17) is 30.2 Å². The molecule has 38 heavy (non-hydrogen) atoms. The van der Waals surface area contributed by atoms with Crippen LogP contribution >= 0.6 is 11.6 Å². The van der Waals surface area contributed by atoms with E-state index in [2.05, 4.69) is 0 Å². The van der Waals surface area contributed by atoms with Gasteiger partial charge in [-0.25, -0.2) is 0 Å². The first-order chi connectivity index (χ1) is 18.7. The minimum Gasteiger partial charge on any atom is -0.493 e. The van der Waals surface area contributed by atoms with Gasteiger partial charge in [-0.3, -0.25) is 4.79 Å². The summed E-state index contributed by atoms with van der Waals surface area (Å²) in [5.74, 6) is 2.74. The lowest BCUT2D eigenvalue weighted by molar-refractivity contribution is 0.256. The van der Waals surface area contributed by atoms with E-state index in [0.717, 1.165) is 17.5 Å². The van der Waals surface area contributed by atoms with Crippen LogP contribution in [0.4, 0.5) is 0 Å². The lowest BCUT2D eigenvalue weighted by Crippen LogP contribution is -2.03. The van der Waals surface area contributed by atoms with Crippen molar-refractivity contribution in [3.63, 3.8) is 0 Å². The highest BCUT2D eigenvalue weighted by Crippen LogP contribution is 2.35. The van der Waals surface area contributed by atoms with Crippen molar-refractivity contribution in [2.24, 2.45) is 0 Å². The summed E-state index contributed by atoms with van der Waals surface area (Å²) in [6.07, 6.45) is 0.730. The third kappa shape index (κ3) is 6.36. The molecule has 0 unspecified atom stereocenters. The normalized spacial score (nSPS) is 10.9. The molecule has 0 aliphatic heterocycles. The van der Waals surface area contributed by atoms with E-state index < -0.39 is 0 Å². The van der Waals surface area contributed by atoms with Crippen molar-refractivity contribution in [1.29, 1.82) is 0 Å². The number of alkyl halides is 1. The Kier molecular flexibility index (Phi) is 8.26. The van der Waals surface area contributed by atoms with Crippen molar-refractivity contribution in [2.45, 2.75) is 19.6 Å². The van der Waals surface area contributed by atoms with E-state index >= 15 is 0 Å². The van der Waals surface area contributed by atoms with Crippen LogP contribution in [-0.4, -0.2) is 12.5 Å². The highest BCUT2D eigenvalue weighted by atomic mass is 35.5. The molecule has 4 aromatic carbocycles. The van der Waals surface area contributed by atoms with Gasteiger partial charge in [-0.1, -0.05) is 60.7 Å². The number of benzene rings is 4. The first-order valence-electron chi connectivity index (χ1n) is 12.4. The van der Waals surface area contributed by atoms with Crippen molar-refractivity contribution >= 4 is 22.6 Å². The molecule has 5 aromatic rings. The van der Waals surface area contributed by atoms with Crippen LogP contribution in [0.25, 0.3) is 22.3 Å². The van der Waals surface area contributed by atoms with Gasteiger partial charge in [0.25, 0.3) is 0 Å². The Hall–Kier alpha value is -4.22. The third-order valence-corrected chi connectivity index (χ3v) is 6.22. The number of fused-ring (bicyclic) bond motifs is 1. The summed E-state index contributed by atoms with van der Waals surface area (Å²) in [5, 5.41) is 0.488. The Balaban J connectivity index is 1.46. The molecular formula is C32H27ClO5. The van der Waals surface area contributed by atoms with Crippen LogP contribution in [0.5, 0.6) is 17.2 Å². The molecule has 5 rings (SSSR count). The molecule has 0 aliphatic rings. The Morgan fingerprint density at radius 1 is 0.684 bits per heavy atom. The molecule has 0 saturated carbocycles. The molecule has 0 fully saturated rings. The average molecular weight is 527 g/mol. The number of hydrogen-bond donors (Lipinski definition) is 0. The van der Waals surface area contributed by atoms with Crippen LogP contribution in [0.1, 0.15) is 17.5 Å². The standard InChI is InChI=1S/C32H27ClO5/c33-16-7-17-35-26-13-14-27-28(34)20-30(38-31(27)19-26)25-12-15-29(36-21-23-8-3-1-4-9-23)32(18-25)37-22-24-10-5-2-6-11-24/h1-6,8-15,18-20H,7,16-17,21-22H2. The second kappa shape index (κ2) is 12.3. The van der Waals surface area contributed by atoms with Gasteiger partial charge in [0.05, 0.1) is 12.0 Å². The maximum Gasteiger partial charge on any atom is 0.193 e. The maximum absolute atomic E-state index is 12.9. The largest absolute Gasteiger partial charge is 0.493 e. The molecule has 192 valence electrons. The minimum absolute atomic E-state index is 0.135. The van der Waals surface area contributed by atoms with E-state index in [-0.39, 0.29) is 5.43 Å². The Labute approximate surface area is 226 Å². The quantitative estimate of drug-likeness (QED) is 0.131. The fourth-order valence-electron chi connectivity index (χ4n) is 3.98. The maximum atomic E-state index is 12.9. The fraction of sp³-hybridized carbons (Fsp3) is 0.156. The summed E-state index contributed by atoms with van der Waals surface area (Å²) < 4.78 is 24.2. The Morgan fingerprint density at radius 3 is 2.05 bits per heavy atom. The van der Waals surface area contributed by atoms with Crippen LogP contribution in [0, 0.1) is 0 Å². The zero-order chi connectivity index (χ0) is 26.2. The first-order valence-corrected chi connectivity index (χ1v) is 13.0. The second-order valence-electron chi connectivity index (χ2n) is 8.73. The molecule has 0 aliphatic carbocycles.